The summed E-state index contributed by atoms with van der Waals surface area (Å²) >= 11 is 0. The molecule has 2 aromatic carbocycles. The molecule has 2 aromatic rings. The monoisotopic (exact) mass is 2230 g/mol. The minimum absolute atomic E-state index is 0.0311. The van der Waals surface area contributed by atoms with Gasteiger partial charge in [-0.1, -0.05) is 108 Å². The van der Waals surface area contributed by atoms with Crippen molar-refractivity contribution < 1.29 is 166 Å². The molecule has 1 saturated carbocycles. The molecule has 0 radical (unpaired) electrons. The largest absolute Gasteiger partial charge is 0.480 e. The Labute approximate surface area is 878 Å². The quantitative estimate of drug-likeness (QED) is 0.0274. The van der Waals surface area contributed by atoms with Gasteiger partial charge in [0, 0.05) is 145 Å². The Hall–Kier alpha value is -5.70. The van der Waals surface area contributed by atoms with Crippen molar-refractivity contribution in [3.63, 3.8) is 0 Å². The van der Waals surface area contributed by atoms with Crippen molar-refractivity contribution in [3.8, 4) is 0 Å². The Morgan fingerprint density at radius 2 is 0.613 bits per heavy atom. The van der Waals surface area contributed by atoms with Crippen molar-refractivity contribution in [2.24, 2.45) is 98.8 Å². The first kappa shape index (κ1) is 128. The minimum Gasteiger partial charge on any atom is -0.480 e. The van der Waals surface area contributed by atoms with Crippen LogP contribution in [0.2, 0.25) is 31.6 Å². The first-order chi connectivity index (χ1) is 70.1. The summed E-state index contributed by atoms with van der Waals surface area (Å²) in [5.41, 5.74) is 53.6. The van der Waals surface area contributed by atoms with Crippen LogP contribution in [0, 0.1) is 41.4 Å². The predicted molar refractivity (Wildman–Crippen MR) is 550 cm³/mol. The van der Waals surface area contributed by atoms with Gasteiger partial charge in [0.1, 0.15) is 27.7 Å². The Morgan fingerprint density at radius 3 is 0.880 bits per heavy atom. The summed E-state index contributed by atoms with van der Waals surface area (Å²) in [7, 11) is -27.9. The van der Waals surface area contributed by atoms with Crippen molar-refractivity contribution >= 4 is 122 Å². The highest BCUT2D eigenvalue weighted by Crippen LogP contribution is 2.43. The van der Waals surface area contributed by atoms with E-state index in [0.717, 1.165) is 46.4 Å². The van der Waals surface area contributed by atoms with Crippen LogP contribution in [-0.2, 0) is 105 Å². The number of hydrogen-bond acceptors (Lipinski definition) is 40. The first-order valence-electron chi connectivity index (χ1n) is 50.7. The minimum atomic E-state index is -4.18. The van der Waals surface area contributed by atoms with Gasteiger partial charge >= 0.3 is 75.6 Å². The van der Waals surface area contributed by atoms with Gasteiger partial charge in [0.05, 0.1) is 108 Å². The van der Waals surface area contributed by atoms with Gasteiger partial charge in [0.25, 0.3) is 40.8 Å². The smallest absolute Gasteiger partial charge is 0.451 e. The topological polar surface area (TPSA) is 898 Å². The Balaban J connectivity index is 0.000000208. The SMILES string of the molecule is CC(C)CN(C1COCC1N)S(=O)(=O)N1C[C@H](CCCB(O)O)[C@](N)(C(=O)O)C1.CCCCN(C1COCC1N)S(=O)(=O)N1C[C@H](CCCB(O)O)[C@](N)(C(=O)O)C1.NC1COCC1N(CC1CC1)S(=O)(=O)N1C[C@H](CCCB(O)O)[C@](N)(C(=O)O)C1.NC1COCC1N(Cc1ccccc1)S(=O)(=O)N1C[C@H](CCCB(O)O)[C@](N)(C(=O)O)C1.NC1COCC1N(c1ccccc1)S(=O)(=O)N1C[C@H](CCCB(O)O)[C@](N)(C(=O)O)C1. The van der Waals surface area contributed by atoms with Crippen LogP contribution < -0.4 is 61.6 Å². The number of aliphatic carboxylic acids is 5. The van der Waals surface area contributed by atoms with Gasteiger partial charge in [-0.15, -0.1) is 0 Å². The molecule has 0 spiro atoms. The maximum absolute atomic E-state index is 13.7. The van der Waals surface area contributed by atoms with Crippen LogP contribution in [0.4, 0.5) is 5.69 Å². The highest BCUT2D eigenvalue weighted by atomic mass is 32.2. The second kappa shape index (κ2) is 55.2. The van der Waals surface area contributed by atoms with E-state index in [9.17, 15) is 91.6 Å². The summed E-state index contributed by atoms with van der Waals surface area (Å²) in [6, 6.07) is 12.4. The number of para-hydroxylation sites is 1. The van der Waals surface area contributed by atoms with Gasteiger partial charge in [0.2, 0.25) is 0 Å². The van der Waals surface area contributed by atoms with Gasteiger partial charge in [-0.3, -0.25) is 28.3 Å². The van der Waals surface area contributed by atoms with E-state index in [4.69, 9.17) is 131 Å². The molecular formula is C85H157B5N20O35S5. The molecule has 0 aromatic heterocycles. The standard InChI is InChI=1S/C19H31BN4O7S.C18H29BN4O7S.C16H31BN4O7S.2C16H33BN4O7S/c21-16-11-31-12-17(16)24(9-14-5-2-1-3-6-14)32(29,30)23-10-15(7-4-8-20(27)28)19(22,13-23)18(25)26;20-15-10-30-11-16(15)23(14-6-2-1-3-7-14)31(28,29)22-9-13(5-4-8-19(26)27)18(21,12-22)17(24)25;18-13-8-28-9-14(13)21(6-11-3-4-11)29(26,27)20-7-12(2-1-5-17(24)25)16(19,10-20)15(22)23;1-11(2)6-21(14-9-28-8-13(14)18)29(26,27)20-7-12(4-3-5-17(24)25)16(19,10-20)15(22)23;1-2-3-7-21(14-10-28-9-13(14)18)29(26,27)20-8-12(5-4-6-17(24)25)16(19,11-20)15(22)23/h1-3,5-6,15-17,27-28H,4,7-13,21-22H2,(H,25,26);1-3,6-7,13,15-16,26-27H,4-5,8-12,20-21H2,(H,24,25);11-14,24-25H,1-10,18-19H2,(H,22,23);11-14,24-25H,3-10,18-19H2,1-2H3,(H,22,23);12-14,24-25H,2-11,18-19H2,1H3,(H,22,23)/t15-,16?,17?,19-;13-,15?,16?,18-;3*12-,13?,14?,16-/m00000/s1. The number of benzene rings is 2. The van der Waals surface area contributed by atoms with Gasteiger partial charge in [0.15, 0.2) is 0 Å². The summed E-state index contributed by atoms with van der Waals surface area (Å²) < 4.78 is 175. The molecule has 852 valence electrons. The second-order valence-corrected chi connectivity index (χ2v) is 51.0. The molecule has 55 nitrogen and oxygen atoms in total. The number of unbranched alkanes of at least 4 members (excludes halogenated alkanes) is 1. The number of carbonyl (C=O) groups is 5. The average Bonchev–Trinajstić information content (AvgIpc) is 1.61. The van der Waals surface area contributed by atoms with Gasteiger partial charge in [-0.25, -0.2) is 0 Å². The lowest BCUT2D eigenvalue weighted by atomic mass is 9.78. The summed E-state index contributed by atoms with van der Waals surface area (Å²) in [6.45, 7) is 6.62. The van der Waals surface area contributed by atoms with Crippen LogP contribution in [0.25, 0.3) is 0 Å². The number of nitrogens with zero attached hydrogens (tertiary/aromatic N) is 10. The van der Waals surface area contributed by atoms with Crippen LogP contribution >= 0.6 is 0 Å². The molecule has 35 N–H and O–H groups in total. The zero-order valence-electron chi connectivity index (χ0n) is 85.0. The van der Waals surface area contributed by atoms with E-state index >= 15 is 0 Å². The fraction of sp³-hybridized carbons (Fsp3) is 0.800. The summed E-state index contributed by atoms with van der Waals surface area (Å²) in [6.07, 6.45) is 6.51. The maximum atomic E-state index is 13.7. The third-order valence-electron chi connectivity index (χ3n) is 29.9. The highest BCUT2D eigenvalue weighted by molar-refractivity contribution is 7.90. The van der Waals surface area contributed by atoms with Crippen LogP contribution in [-0.4, -0.2) is 461 Å². The number of rotatable bonds is 50. The molecule has 11 fully saturated rings. The Bertz CT molecular complexity index is 5180. The zero-order valence-corrected chi connectivity index (χ0v) is 89.1. The molecule has 11 aliphatic rings. The van der Waals surface area contributed by atoms with Crippen LogP contribution in [0.1, 0.15) is 116 Å². The summed E-state index contributed by atoms with van der Waals surface area (Å²) in [5.74, 6) is -9.39. The number of anilines is 1. The lowest BCUT2D eigenvalue weighted by Gasteiger charge is -2.34. The van der Waals surface area contributed by atoms with Gasteiger partial charge in [-0.2, -0.15) is 80.8 Å². The highest BCUT2D eigenvalue weighted by Gasteiger charge is 2.62. The van der Waals surface area contributed by atoms with Gasteiger partial charge < -0.3 is 157 Å². The Kier molecular flexibility index (Phi) is 47.0. The second-order valence-electron chi connectivity index (χ2n) is 41.7. The molecule has 0 bridgehead atoms. The molecule has 10 unspecified atom stereocenters. The fourth-order valence-corrected chi connectivity index (χ4v) is 30.6. The number of carboxylic acid groups (broad SMARTS) is 5. The number of hydrogen-bond donors (Lipinski definition) is 25. The molecule has 65 heteroatoms. The number of nitrogens with two attached hydrogens (primary N) is 10. The van der Waals surface area contributed by atoms with E-state index in [1.807, 2.05) is 39.0 Å². The molecule has 1 aliphatic carbocycles. The van der Waals surface area contributed by atoms with Crippen molar-refractivity contribution in [1.82, 2.24) is 38.7 Å². The predicted octanol–water partition coefficient (Wildman–Crippen LogP) is -9.60. The zero-order chi connectivity index (χ0) is 112. The van der Waals surface area contributed by atoms with Crippen molar-refractivity contribution in [3.05, 3.63) is 66.2 Å². The van der Waals surface area contributed by atoms with E-state index in [0.29, 0.717) is 50.8 Å². The van der Waals surface area contributed by atoms with E-state index in [1.54, 1.807) is 42.5 Å². The van der Waals surface area contributed by atoms with Gasteiger partial charge in [-0.05, 0) is 112 Å². The normalized spacial score (nSPS) is 30.7. The molecular weight excluding hydrogens is 2080 g/mol. The molecule has 13 rings (SSSR count). The van der Waals surface area contributed by atoms with E-state index in [1.165, 1.54) is 21.5 Å². The maximum Gasteiger partial charge on any atom is 0.451 e. The van der Waals surface area contributed by atoms with Crippen LogP contribution in [0.15, 0.2) is 60.7 Å². The van der Waals surface area contributed by atoms with Crippen molar-refractivity contribution in [1.29, 1.82) is 0 Å². The molecule has 0 amide bonds. The van der Waals surface area contributed by atoms with Crippen molar-refractivity contribution in [2.45, 2.75) is 237 Å². The van der Waals surface area contributed by atoms with Crippen LogP contribution in [0.3, 0.4) is 0 Å². The lowest BCUT2D eigenvalue weighted by molar-refractivity contribution is -0.145. The van der Waals surface area contributed by atoms with Crippen molar-refractivity contribution in [2.75, 3.05) is 155 Å². The molecule has 150 heavy (non-hydrogen) atoms. The van der Waals surface area contributed by atoms with E-state index in [2.05, 4.69) is 0 Å². The van der Waals surface area contributed by atoms with Crippen LogP contribution in [0.5, 0.6) is 0 Å². The third-order valence-corrected chi connectivity index (χ3v) is 39.6. The van der Waals surface area contributed by atoms with E-state index < -0.39 is 241 Å². The number of carboxylic acids is 5. The third kappa shape index (κ3) is 31.9. The summed E-state index contributed by atoms with van der Waals surface area (Å²) in [4.78, 5) is 59.5. The lowest BCUT2D eigenvalue weighted by Crippen LogP contribution is -2.57. The molecule has 10 aliphatic heterocycles. The first-order valence-corrected chi connectivity index (χ1v) is 57.6. The summed E-state index contributed by atoms with van der Waals surface area (Å²) in [5, 5.41) is 139. The van der Waals surface area contributed by atoms with E-state index in [-0.39, 0.29) is 220 Å². The number of ether oxygens (including phenoxy) is 5. The molecule has 10 saturated heterocycles. The molecule has 10 heterocycles. The Morgan fingerprint density at radius 1 is 0.360 bits per heavy atom. The fourth-order valence-electron chi connectivity index (χ4n) is 20.7. The molecule has 20 atom stereocenters. The average molecular weight is 2230 g/mol.